The number of nitrogens with one attached hydrogen (secondary N) is 1. The molecule has 3 aromatic rings. The summed E-state index contributed by atoms with van der Waals surface area (Å²) in [6, 6.07) is 11.9. The molecule has 1 aliphatic heterocycles. The summed E-state index contributed by atoms with van der Waals surface area (Å²) in [6.45, 7) is 3.62. The molecule has 1 aliphatic rings. The minimum Gasteiger partial charge on any atom is -0.504 e. The van der Waals surface area contributed by atoms with Gasteiger partial charge in [0.15, 0.2) is 11.5 Å². The molecule has 2 N–H and O–H groups in total. The largest absolute Gasteiger partial charge is 0.504 e. The van der Waals surface area contributed by atoms with Crippen molar-refractivity contribution in [2.45, 2.75) is 6.42 Å². The van der Waals surface area contributed by atoms with Gasteiger partial charge in [0.1, 0.15) is 0 Å². The fourth-order valence-corrected chi connectivity index (χ4v) is 3.36. The summed E-state index contributed by atoms with van der Waals surface area (Å²) in [5.74, 6) is 0.0496. The highest BCUT2D eigenvalue weighted by molar-refractivity contribution is 6.37. The van der Waals surface area contributed by atoms with E-state index in [0.29, 0.717) is 23.5 Å². The molecule has 0 saturated carbocycles. The number of aromatic hydroxyl groups is 1. The van der Waals surface area contributed by atoms with Crippen LogP contribution in [0.1, 0.15) is 11.3 Å². The molecular weight excluding hydrogens is 441 g/mol. The Morgan fingerprint density at radius 2 is 1.87 bits per heavy atom. The third-order valence-electron chi connectivity index (χ3n) is 4.25. The molecule has 0 bridgehead atoms. The van der Waals surface area contributed by atoms with Crippen LogP contribution in [0, 0.1) is 0 Å². The number of carbonyl (C=O) groups is 1. The lowest BCUT2D eigenvalue weighted by Gasteiger charge is -2.22. The maximum absolute atomic E-state index is 12.1. The van der Waals surface area contributed by atoms with Crippen LogP contribution in [-0.4, -0.2) is 27.3 Å². The number of urea groups is 1. The number of hydrazone groups is 1. The van der Waals surface area contributed by atoms with Crippen molar-refractivity contribution in [3.8, 4) is 17.5 Å². The second-order valence-electron chi connectivity index (χ2n) is 6.50. The molecule has 156 valence electrons. The van der Waals surface area contributed by atoms with E-state index in [0.717, 1.165) is 10.6 Å². The van der Waals surface area contributed by atoms with Gasteiger partial charge in [-0.15, -0.1) is 0 Å². The predicted molar refractivity (Wildman–Crippen MR) is 118 cm³/mol. The monoisotopic (exact) mass is 455 g/mol. The standard InChI is InChI=1S/C21H15Cl2N5O3/c1-12-10-25-28(21(30)26-12)14-8-15(22)19(16(23)9-14)31-20-24-11-18(29)17(27-20)7-13-5-3-2-4-6-13/h2-6,8-11,29H,1,7H2,(H,26,30). The summed E-state index contributed by atoms with van der Waals surface area (Å²) in [7, 11) is 0. The maximum atomic E-state index is 12.1. The Labute approximate surface area is 187 Å². The molecule has 0 saturated heterocycles. The normalized spacial score (nSPS) is 13.3. The van der Waals surface area contributed by atoms with Gasteiger partial charge in [0.05, 0.1) is 39.5 Å². The molecular formula is C21H15Cl2N5O3. The first kappa shape index (κ1) is 20.6. The number of ether oxygens (including phenoxy) is 1. The average molecular weight is 456 g/mol. The highest BCUT2D eigenvalue weighted by atomic mass is 35.5. The molecule has 0 aliphatic carbocycles. The molecule has 10 heteroatoms. The zero-order valence-corrected chi connectivity index (χ0v) is 17.4. The fraction of sp³-hybridized carbons (Fsp3) is 0.0476. The maximum Gasteiger partial charge on any atom is 0.347 e. The zero-order valence-electron chi connectivity index (χ0n) is 15.9. The number of allylic oxidation sites excluding steroid dienone is 1. The smallest absolute Gasteiger partial charge is 0.347 e. The first-order valence-corrected chi connectivity index (χ1v) is 9.76. The number of rotatable bonds is 5. The van der Waals surface area contributed by atoms with Gasteiger partial charge in [0, 0.05) is 6.42 Å². The summed E-state index contributed by atoms with van der Waals surface area (Å²) >= 11 is 12.7. The first-order chi connectivity index (χ1) is 14.9. The van der Waals surface area contributed by atoms with Gasteiger partial charge in [-0.2, -0.15) is 20.1 Å². The number of nitrogens with zero attached hydrogens (tertiary/aromatic N) is 4. The van der Waals surface area contributed by atoms with Crippen LogP contribution >= 0.6 is 23.2 Å². The molecule has 2 aromatic carbocycles. The Kier molecular flexibility index (Phi) is 5.75. The number of aromatic nitrogens is 2. The van der Waals surface area contributed by atoms with E-state index in [1.54, 1.807) is 0 Å². The van der Waals surface area contributed by atoms with Gasteiger partial charge < -0.3 is 15.2 Å². The number of anilines is 1. The second kappa shape index (κ2) is 8.63. The average Bonchev–Trinajstić information content (AvgIpc) is 2.73. The van der Waals surface area contributed by atoms with Crippen molar-refractivity contribution in [3.63, 3.8) is 0 Å². The van der Waals surface area contributed by atoms with Crippen molar-refractivity contribution in [2.75, 3.05) is 5.01 Å². The quantitative estimate of drug-likeness (QED) is 0.569. The Morgan fingerprint density at radius 1 is 1.16 bits per heavy atom. The van der Waals surface area contributed by atoms with Crippen LogP contribution < -0.4 is 15.1 Å². The molecule has 0 fully saturated rings. The molecule has 8 nitrogen and oxygen atoms in total. The first-order valence-electron chi connectivity index (χ1n) is 9.00. The number of hydrogen-bond acceptors (Lipinski definition) is 6. The fourth-order valence-electron chi connectivity index (χ4n) is 2.80. The van der Waals surface area contributed by atoms with Crippen LogP contribution in [0.25, 0.3) is 0 Å². The topological polar surface area (TPSA) is 99.9 Å². The Balaban J connectivity index is 1.60. The van der Waals surface area contributed by atoms with Gasteiger partial charge in [-0.1, -0.05) is 60.1 Å². The van der Waals surface area contributed by atoms with Crippen molar-refractivity contribution >= 4 is 41.1 Å². The van der Waals surface area contributed by atoms with Crippen LogP contribution in [0.4, 0.5) is 10.5 Å². The van der Waals surface area contributed by atoms with Crippen LogP contribution in [0.2, 0.25) is 10.0 Å². The van der Waals surface area contributed by atoms with Crippen LogP contribution in [-0.2, 0) is 6.42 Å². The van der Waals surface area contributed by atoms with Crippen molar-refractivity contribution in [1.82, 2.24) is 15.3 Å². The summed E-state index contributed by atoms with van der Waals surface area (Å²) in [5.41, 5.74) is 2.06. The van der Waals surface area contributed by atoms with Crippen LogP contribution in [0.5, 0.6) is 17.5 Å². The molecule has 4 rings (SSSR count). The lowest BCUT2D eigenvalue weighted by atomic mass is 10.1. The molecule has 2 heterocycles. The van der Waals surface area contributed by atoms with Crippen LogP contribution in [0.3, 0.4) is 0 Å². The number of amides is 2. The molecule has 0 unspecified atom stereocenters. The summed E-state index contributed by atoms with van der Waals surface area (Å²) in [4.78, 5) is 20.4. The van der Waals surface area contributed by atoms with E-state index >= 15 is 0 Å². The third-order valence-corrected chi connectivity index (χ3v) is 4.81. The minimum absolute atomic E-state index is 0.0367. The van der Waals surface area contributed by atoms with E-state index in [4.69, 9.17) is 27.9 Å². The van der Waals surface area contributed by atoms with Crippen molar-refractivity contribution < 1.29 is 14.6 Å². The Morgan fingerprint density at radius 3 is 2.55 bits per heavy atom. The van der Waals surface area contributed by atoms with E-state index < -0.39 is 6.03 Å². The summed E-state index contributed by atoms with van der Waals surface area (Å²) in [5, 5.41) is 18.0. The number of carbonyl (C=O) groups excluding carboxylic acids is 1. The van der Waals surface area contributed by atoms with Crippen molar-refractivity contribution in [2.24, 2.45) is 5.10 Å². The predicted octanol–water partition coefficient (Wildman–Crippen LogP) is 4.90. The van der Waals surface area contributed by atoms with Gasteiger partial charge in [0.25, 0.3) is 0 Å². The summed E-state index contributed by atoms with van der Waals surface area (Å²) < 4.78 is 5.69. The number of halogens is 2. The molecule has 0 spiro atoms. The van der Waals surface area contributed by atoms with Gasteiger partial charge >= 0.3 is 12.0 Å². The SMILES string of the molecule is C=C1C=NN(c2cc(Cl)c(Oc3ncc(O)c(Cc4ccccc4)n3)c(Cl)c2)C(=O)N1. The van der Waals surface area contributed by atoms with E-state index in [9.17, 15) is 9.90 Å². The number of hydrogen-bond donors (Lipinski definition) is 2. The van der Waals surface area contributed by atoms with Gasteiger partial charge in [-0.05, 0) is 17.7 Å². The Bertz CT molecular complexity index is 1180. The number of benzene rings is 2. The van der Waals surface area contributed by atoms with E-state index in [1.165, 1.54) is 24.5 Å². The molecule has 0 radical (unpaired) electrons. The van der Waals surface area contributed by atoms with Gasteiger partial charge in [-0.3, -0.25) is 0 Å². The van der Waals surface area contributed by atoms with E-state index in [2.05, 4.69) is 27.0 Å². The van der Waals surface area contributed by atoms with E-state index in [-0.39, 0.29) is 27.6 Å². The second-order valence-corrected chi connectivity index (χ2v) is 7.31. The minimum atomic E-state index is -0.499. The van der Waals surface area contributed by atoms with Gasteiger partial charge in [0.2, 0.25) is 0 Å². The Hall–Kier alpha value is -3.62. The molecule has 31 heavy (non-hydrogen) atoms. The zero-order chi connectivity index (χ0) is 22.0. The molecule has 1 aromatic heterocycles. The summed E-state index contributed by atoms with van der Waals surface area (Å²) in [6.07, 6.45) is 3.03. The third kappa shape index (κ3) is 4.60. The van der Waals surface area contributed by atoms with E-state index in [1.807, 2.05) is 30.3 Å². The van der Waals surface area contributed by atoms with Gasteiger partial charge in [-0.25, -0.2) is 4.79 Å². The highest BCUT2D eigenvalue weighted by Gasteiger charge is 2.22. The molecule has 0 atom stereocenters. The highest BCUT2D eigenvalue weighted by Crippen LogP contribution is 2.39. The van der Waals surface area contributed by atoms with Crippen molar-refractivity contribution in [3.05, 3.63) is 82.2 Å². The van der Waals surface area contributed by atoms with Crippen molar-refractivity contribution in [1.29, 1.82) is 0 Å². The lowest BCUT2D eigenvalue weighted by molar-refractivity contribution is 0.248. The lowest BCUT2D eigenvalue weighted by Crippen LogP contribution is -2.40. The molecule has 2 amide bonds. The van der Waals surface area contributed by atoms with Crippen LogP contribution in [0.15, 0.2) is 66.0 Å².